The number of carbonyl (C=O) groups is 1. The summed E-state index contributed by atoms with van der Waals surface area (Å²) in [7, 11) is 3.12. The maximum absolute atomic E-state index is 12.8. The van der Waals surface area contributed by atoms with Crippen LogP contribution in [0.2, 0.25) is 0 Å². The first kappa shape index (κ1) is 20.3. The monoisotopic (exact) mass is 409 g/mol. The van der Waals surface area contributed by atoms with Crippen LogP contribution in [0.15, 0.2) is 48.7 Å². The second kappa shape index (κ2) is 9.19. The van der Waals surface area contributed by atoms with Gasteiger partial charge in [0.15, 0.2) is 0 Å². The molecule has 158 valence electrons. The lowest BCUT2D eigenvalue weighted by Crippen LogP contribution is -2.38. The van der Waals surface area contributed by atoms with Crippen LogP contribution in [-0.4, -0.2) is 62.4 Å². The van der Waals surface area contributed by atoms with E-state index in [-0.39, 0.29) is 5.91 Å². The molecule has 1 aliphatic rings. The summed E-state index contributed by atoms with van der Waals surface area (Å²) in [6.07, 6.45) is 2.10. The Bertz CT molecular complexity index is 1020. The summed E-state index contributed by atoms with van der Waals surface area (Å²) >= 11 is 0. The Kier molecular flexibility index (Phi) is 6.21. The lowest BCUT2D eigenvalue weighted by molar-refractivity contribution is 0.0365. The summed E-state index contributed by atoms with van der Waals surface area (Å²) in [5.41, 5.74) is 2.32. The molecule has 0 saturated carbocycles. The third-order valence-corrected chi connectivity index (χ3v) is 5.44. The Morgan fingerprint density at radius 3 is 2.63 bits per heavy atom. The molecule has 30 heavy (non-hydrogen) atoms. The Hall–Kier alpha value is -3.03. The molecule has 3 aromatic rings. The summed E-state index contributed by atoms with van der Waals surface area (Å²) < 4.78 is 18.2. The molecule has 1 aliphatic heterocycles. The van der Waals surface area contributed by atoms with Crippen LogP contribution in [0, 0.1) is 0 Å². The van der Waals surface area contributed by atoms with Gasteiger partial charge in [-0.2, -0.15) is 0 Å². The lowest BCUT2D eigenvalue weighted by atomic mass is 10.1. The molecule has 1 aromatic heterocycles. The van der Waals surface area contributed by atoms with Crippen molar-refractivity contribution in [2.24, 2.45) is 0 Å². The minimum atomic E-state index is -0.239. The van der Waals surface area contributed by atoms with Crippen LogP contribution < -0.4 is 14.8 Å². The molecule has 0 radical (unpaired) electrons. The quantitative estimate of drug-likeness (QED) is 0.649. The molecule has 0 atom stereocenters. The van der Waals surface area contributed by atoms with E-state index in [0.29, 0.717) is 17.1 Å². The van der Waals surface area contributed by atoms with Crippen LogP contribution in [0.1, 0.15) is 10.4 Å². The van der Waals surface area contributed by atoms with E-state index in [1.165, 1.54) is 0 Å². The number of fused-ring (bicyclic) bond motifs is 1. The summed E-state index contributed by atoms with van der Waals surface area (Å²) in [6, 6.07) is 13.2. The van der Waals surface area contributed by atoms with Gasteiger partial charge in [0.05, 0.1) is 33.0 Å². The zero-order chi connectivity index (χ0) is 20.9. The fourth-order valence-corrected chi connectivity index (χ4v) is 3.74. The summed E-state index contributed by atoms with van der Waals surface area (Å²) in [4.78, 5) is 15.2. The highest BCUT2D eigenvalue weighted by molar-refractivity contribution is 6.07. The number of nitrogens with one attached hydrogen (secondary N) is 1. The Labute approximate surface area is 176 Å². The standard InChI is InChI=1S/C23H27N3O4/c1-28-19-4-6-22(29-2)20(16-19)23(27)24-18-3-5-21-17(15-18)7-8-26(21)10-9-25-11-13-30-14-12-25/h3-8,15-16H,9-14H2,1-2H3,(H,24,27). The summed E-state index contributed by atoms with van der Waals surface area (Å²) in [6.45, 7) is 5.53. The van der Waals surface area contributed by atoms with Gasteiger partial charge >= 0.3 is 0 Å². The highest BCUT2D eigenvalue weighted by atomic mass is 16.5. The molecule has 1 saturated heterocycles. The van der Waals surface area contributed by atoms with Crippen molar-refractivity contribution in [3.8, 4) is 11.5 Å². The fraction of sp³-hybridized carbons (Fsp3) is 0.348. The Morgan fingerprint density at radius 2 is 1.87 bits per heavy atom. The van der Waals surface area contributed by atoms with Crippen molar-refractivity contribution in [3.05, 3.63) is 54.2 Å². The van der Waals surface area contributed by atoms with Crippen molar-refractivity contribution in [1.29, 1.82) is 0 Å². The number of benzene rings is 2. The molecule has 0 bridgehead atoms. The fourth-order valence-electron chi connectivity index (χ4n) is 3.74. The molecule has 0 spiro atoms. The van der Waals surface area contributed by atoms with Gasteiger partial charge in [0.1, 0.15) is 11.5 Å². The number of carbonyl (C=O) groups excluding carboxylic acids is 1. The maximum atomic E-state index is 12.8. The zero-order valence-corrected chi connectivity index (χ0v) is 17.4. The zero-order valence-electron chi connectivity index (χ0n) is 17.4. The van der Waals surface area contributed by atoms with E-state index in [0.717, 1.165) is 56.0 Å². The molecular formula is C23H27N3O4. The summed E-state index contributed by atoms with van der Waals surface area (Å²) in [5, 5.41) is 4.05. The number of amides is 1. The maximum Gasteiger partial charge on any atom is 0.259 e. The van der Waals surface area contributed by atoms with Crippen molar-refractivity contribution in [2.45, 2.75) is 6.54 Å². The van der Waals surface area contributed by atoms with E-state index in [1.807, 2.05) is 18.2 Å². The number of ether oxygens (including phenoxy) is 3. The van der Waals surface area contributed by atoms with Crippen molar-refractivity contribution in [2.75, 3.05) is 52.4 Å². The van der Waals surface area contributed by atoms with E-state index >= 15 is 0 Å². The first-order valence-corrected chi connectivity index (χ1v) is 10.1. The van der Waals surface area contributed by atoms with Gasteiger partial charge in [0.2, 0.25) is 0 Å². The van der Waals surface area contributed by atoms with Crippen molar-refractivity contribution in [3.63, 3.8) is 0 Å². The number of nitrogens with zero attached hydrogens (tertiary/aromatic N) is 2. The van der Waals surface area contributed by atoms with Gasteiger partial charge in [-0.3, -0.25) is 9.69 Å². The number of anilines is 1. The molecule has 4 rings (SSSR count). The lowest BCUT2D eigenvalue weighted by Gasteiger charge is -2.26. The van der Waals surface area contributed by atoms with Crippen LogP contribution in [-0.2, 0) is 11.3 Å². The molecule has 2 aromatic carbocycles. The van der Waals surface area contributed by atoms with Crippen molar-refractivity contribution < 1.29 is 19.0 Å². The molecule has 1 amide bonds. The predicted molar refractivity (Wildman–Crippen MR) is 117 cm³/mol. The average Bonchev–Trinajstić information content (AvgIpc) is 3.20. The number of aromatic nitrogens is 1. The number of methoxy groups -OCH3 is 2. The minimum absolute atomic E-state index is 0.239. The van der Waals surface area contributed by atoms with Gasteiger partial charge in [-0.15, -0.1) is 0 Å². The molecule has 2 heterocycles. The molecule has 7 heteroatoms. The SMILES string of the molecule is COc1ccc(OC)c(C(=O)Nc2ccc3c(ccn3CCN3CCOCC3)c2)c1. The molecule has 0 aliphatic carbocycles. The Balaban J connectivity index is 1.47. The van der Waals surface area contributed by atoms with E-state index in [2.05, 4.69) is 27.0 Å². The normalized spacial score (nSPS) is 14.6. The number of hydrogen-bond acceptors (Lipinski definition) is 5. The van der Waals surface area contributed by atoms with Gasteiger partial charge in [-0.05, 0) is 42.5 Å². The molecule has 7 nitrogen and oxygen atoms in total. The van der Waals surface area contributed by atoms with Crippen LogP contribution in [0.25, 0.3) is 10.9 Å². The van der Waals surface area contributed by atoms with Gasteiger partial charge in [0, 0.05) is 49.0 Å². The van der Waals surface area contributed by atoms with Gasteiger partial charge in [0.25, 0.3) is 5.91 Å². The second-order valence-corrected chi connectivity index (χ2v) is 7.26. The van der Waals surface area contributed by atoms with Crippen LogP contribution >= 0.6 is 0 Å². The van der Waals surface area contributed by atoms with Gasteiger partial charge in [-0.1, -0.05) is 0 Å². The smallest absolute Gasteiger partial charge is 0.259 e. The minimum Gasteiger partial charge on any atom is -0.497 e. The molecule has 1 fully saturated rings. The predicted octanol–water partition coefficient (Wildman–Crippen LogP) is 3.24. The highest BCUT2D eigenvalue weighted by Crippen LogP contribution is 2.26. The Morgan fingerprint density at radius 1 is 1.03 bits per heavy atom. The first-order valence-electron chi connectivity index (χ1n) is 10.1. The third-order valence-electron chi connectivity index (χ3n) is 5.44. The van der Waals surface area contributed by atoms with Crippen LogP contribution in [0.3, 0.4) is 0 Å². The second-order valence-electron chi connectivity index (χ2n) is 7.26. The molecule has 0 unspecified atom stereocenters. The largest absolute Gasteiger partial charge is 0.497 e. The van der Waals surface area contributed by atoms with Crippen LogP contribution in [0.4, 0.5) is 5.69 Å². The van der Waals surface area contributed by atoms with Crippen LogP contribution in [0.5, 0.6) is 11.5 Å². The van der Waals surface area contributed by atoms with Gasteiger partial charge < -0.3 is 24.1 Å². The first-order chi connectivity index (χ1) is 14.7. The summed E-state index contributed by atoms with van der Waals surface area (Å²) in [5.74, 6) is 0.870. The third kappa shape index (κ3) is 4.42. The number of morpholine rings is 1. The molecule has 1 N–H and O–H groups in total. The van der Waals surface area contributed by atoms with E-state index in [4.69, 9.17) is 14.2 Å². The molecular weight excluding hydrogens is 382 g/mol. The van der Waals surface area contributed by atoms with E-state index in [9.17, 15) is 4.79 Å². The van der Waals surface area contributed by atoms with E-state index in [1.54, 1.807) is 32.4 Å². The van der Waals surface area contributed by atoms with Crippen molar-refractivity contribution in [1.82, 2.24) is 9.47 Å². The average molecular weight is 409 g/mol. The van der Waals surface area contributed by atoms with Gasteiger partial charge in [-0.25, -0.2) is 0 Å². The number of rotatable bonds is 7. The van der Waals surface area contributed by atoms with Crippen molar-refractivity contribution >= 4 is 22.5 Å². The number of hydrogen-bond donors (Lipinski definition) is 1. The highest BCUT2D eigenvalue weighted by Gasteiger charge is 2.15. The topological polar surface area (TPSA) is 65.0 Å². The van der Waals surface area contributed by atoms with E-state index < -0.39 is 0 Å².